The van der Waals surface area contributed by atoms with Gasteiger partial charge in [-0.25, -0.2) is 0 Å². The van der Waals surface area contributed by atoms with Crippen LogP contribution in [0, 0.1) is 11.8 Å². The maximum atomic E-state index is 12.2. The van der Waals surface area contributed by atoms with E-state index in [1.807, 2.05) is 5.06 Å². The number of rotatable bonds is 8. The van der Waals surface area contributed by atoms with Gasteiger partial charge < -0.3 is 28.3 Å². The first-order valence-electron chi connectivity index (χ1n) is 14.5. The lowest BCUT2D eigenvalue weighted by atomic mass is 9.71. The average Bonchev–Trinajstić information content (AvgIpc) is 2.96. The van der Waals surface area contributed by atoms with Gasteiger partial charge in [-0.05, 0) is 66.1 Å². The van der Waals surface area contributed by atoms with Crippen LogP contribution in [0.1, 0.15) is 67.4 Å². The molecule has 1 saturated heterocycles. The molecule has 0 radical (unpaired) electrons. The van der Waals surface area contributed by atoms with Crippen LogP contribution >= 0.6 is 0 Å². The SMILES string of the molecule is CC[C@@H]1C[N@+]2(C)CCc3cc(OC)c(OC)cc3[C@@H]2C[C@H]1C[C@@H]1c2cc(OC)c(OC)cc2CCN1OC(C)=O. The number of carbonyl (C=O) groups excluding carboxylic acids is 1. The van der Waals surface area contributed by atoms with Gasteiger partial charge in [-0.3, -0.25) is 4.79 Å². The Hall–Kier alpha value is -2.97. The van der Waals surface area contributed by atoms with Crippen molar-refractivity contribution in [3.05, 3.63) is 46.5 Å². The summed E-state index contributed by atoms with van der Waals surface area (Å²) >= 11 is 0. The minimum absolute atomic E-state index is 0.0446. The highest BCUT2D eigenvalue weighted by Crippen LogP contribution is 2.51. The van der Waals surface area contributed by atoms with Crippen LogP contribution in [-0.2, 0) is 22.5 Å². The molecule has 8 heteroatoms. The van der Waals surface area contributed by atoms with E-state index in [-0.39, 0.29) is 12.0 Å². The lowest BCUT2D eigenvalue weighted by Gasteiger charge is -2.54. The molecule has 0 aliphatic carbocycles. The van der Waals surface area contributed by atoms with E-state index in [0.29, 0.717) is 30.2 Å². The smallest absolute Gasteiger partial charge is 0.322 e. The highest BCUT2D eigenvalue weighted by atomic mass is 16.7. The van der Waals surface area contributed by atoms with E-state index in [9.17, 15) is 4.79 Å². The van der Waals surface area contributed by atoms with E-state index < -0.39 is 0 Å². The Kier molecular flexibility index (Phi) is 8.20. The van der Waals surface area contributed by atoms with Gasteiger partial charge in [-0.15, -0.1) is 5.06 Å². The van der Waals surface area contributed by atoms with E-state index in [1.54, 1.807) is 28.4 Å². The number of benzene rings is 2. The normalized spacial score (nSPS) is 27.6. The fraction of sp³-hybridized carbons (Fsp3) is 0.594. The van der Waals surface area contributed by atoms with Gasteiger partial charge in [0.25, 0.3) is 0 Å². The average molecular weight is 554 g/mol. The molecule has 2 aromatic carbocycles. The molecule has 0 aromatic heterocycles. The number of ether oxygens (including phenoxy) is 4. The van der Waals surface area contributed by atoms with Crippen molar-refractivity contribution >= 4 is 5.97 Å². The number of likely N-dealkylation sites (N-methyl/N-ethyl adjacent to an activating group) is 1. The Morgan fingerprint density at radius 3 is 2.02 bits per heavy atom. The van der Waals surface area contributed by atoms with E-state index in [2.05, 4.69) is 38.2 Å². The summed E-state index contributed by atoms with van der Waals surface area (Å²) in [4.78, 5) is 18.0. The van der Waals surface area contributed by atoms with Crippen LogP contribution in [0.5, 0.6) is 23.0 Å². The van der Waals surface area contributed by atoms with Gasteiger partial charge in [0.15, 0.2) is 23.0 Å². The van der Waals surface area contributed by atoms with Crippen LogP contribution in [-0.4, -0.2) is 70.6 Å². The third-order valence-electron chi connectivity index (χ3n) is 9.74. The van der Waals surface area contributed by atoms with Gasteiger partial charge in [-0.2, -0.15) is 0 Å². The Morgan fingerprint density at radius 2 is 1.45 bits per heavy atom. The molecule has 3 aliphatic rings. The van der Waals surface area contributed by atoms with E-state index >= 15 is 0 Å². The van der Waals surface area contributed by atoms with Crippen molar-refractivity contribution in [3.63, 3.8) is 0 Å². The second kappa shape index (κ2) is 11.5. The topological polar surface area (TPSA) is 66.5 Å². The summed E-state index contributed by atoms with van der Waals surface area (Å²) in [6.45, 7) is 6.73. The van der Waals surface area contributed by atoms with Gasteiger partial charge in [0.05, 0.1) is 54.6 Å². The third-order valence-corrected chi connectivity index (χ3v) is 9.74. The number of nitrogens with zero attached hydrogens (tertiary/aromatic N) is 2. The Balaban J connectivity index is 1.52. The van der Waals surface area contributed by atoms with Crippen molar-refractivity contribution in [1.82, 2.24) is 5.06 Å². The highest BCUT2D eigenvalue weighted by molar-refractivity contribution is 5.65. The Bertz CT molecular complexity index is 1250. The van der Waals surface area contributed by atoms with E-state index in [1.165, 1.54) is 29.2 Å². The summed E-state index contributed by atoms with van der Waals surface area (Å²) in [6.07, 6.45) is 4.94. The predicted octanol–water partition coefficient (Wildman–Crippen LogP) is 5.28. The molecule has 2 aromatic rings. The van der Waals surface area contributed by atoms with Crippen LogP contribution in [0.3, 0.4) is 0 Å². The second-order valence-electron chi connectivity index (χ2n) is 11.9. The lowest BCUT2D eigenvalue weighted by molar-refractivity contribution is -0.951. The summed E-state index contributed by atoms with van der Waals surface area (Å²) in [5, 5.41) is 1.91. The molecule has 3 aliphatic heterocycles. The van der Waals surface area contributed by atoms with Gasteiger partial charge in [0.2, 0.25) is 0 Å². The van der Waals surface area contributed by atoms with Crippen molar-refractivity contribution in [1.29, 1.82) is 0 Å². The van der Waals surface area contributed by atoms with Crippen LogP contribution in [0.25, 0.3) is 0 Å². The number of piperidine rings is 1. The molecular formula is C32H45N2O6+. The number of fused-ring (bicyclic) bond motifs is 4. The number of quaternary nitrogens is 1. The molecule has 218 valence electrons. The summed E-state index contributed by atoms with van der Waals surface area (Å²) < 4.78 is 23.7. The van der Waals surface area contributed by atoms with Crippen LogP contribution in [0.2, 0.25) is 0 Å². The first-order chi connectivity index (χ1) is 19.2. The van der Waals surface area contributed by atoms with Crippen molar-refractivity contribution in [2.75, 3.05) is 55.1 Å². The minimum atomic E-state index is -0.281. The lowest BCUT2D eigenvalue weighted by Crippen LogP contribution is -2.58. The number of methoxy groups -OCH3 is 4. The Labute approximate surface area is 238 Å². The molecule has 0 bridgehead atoms. The van der Waals surface area contributed by atoms with Crippen LogP contribution < -0.4 is 18.9 Å². The van der Waals surface area contributed by atoms with Crippen molar-refractivity contribution in [3.8, 4) is 23.0 Å². The number of hydrogen-bond donors (Lipinski definition) is 0. The fourth-order valence-electron chi connectivity index (χ4n) is 7.66. The number of hydrogen-bond acceptors (Lipinski definition) is 7. The summed E-state index contributed by atoms with van der Waals surface area (Å²) in [6, 6.07) is 8.92. The number of hydroxylamine groups is 2. The van der Waals surface area contributed by atoms with Gasteiger partial charge in [-0.1, -0.05) is 6.92 Å². The molecule has 1 fully saturated rings. The first kappa shape index (κ1) is 28.6. The largest absolute Gasteiger partial charge is 0.493 e. The number of carbonyl (C=O) groups is 1. The van der Waals surface area contributed by atoms with Gasteiger partial charge in [0.1, 0.15) is 6.04 Å². The molecule has 0 spiro atoms. The Morgan fingerprint density at radius 1 is 0.875 bits per heavy atom. The second-order valence-corrected chi connectivity index (χ2v) is 11.9. The van der Waals surface area contributed by atoms with Crippen molar-refractivity contribution in [2.24, 2.45) is 11.8 Å². The van der Waals surface area contributed by atoms with Crippen LogP contribution in [0.15, 0.2) is 24.3 Å². The summed E-state index contributed by atoms with van der Waals surface area (Å²) in [5.74, 6) is 3.80. The molecule has 0 amide bonds. The highest BCUT2D eigenvalue weighted by Gasteiger charge is 2.49. The molecule has 8 nitrogen and oxygen atoms in total. The first-order valence-corrected chi connectivity index (χ1v) is 14.5. The molecule has 0 N–H and O–H groups in total. The molecule has 0 unspecified atom stereocenters. The molecule has 40 heavy (non-hydrogen) atoms. The van der Waals surface area contributed by atoms with Gasteiger partial charge in [0, 0.05) is 37.8 Å². The van der Waals surface area contributed by atoms with Crippen molar-refractivity contribution < 1.29 is 33.1 Å². The van der Waals surface area contributed by atoms with Crippen molar-refractivity contribution in [2.45, 2.75) is 58.0 Å². The van der Waals surface area contributed by atoms with Crippen LogP contribution in [0.4, 0.5) is 0 Å². The fourth-order valence-corrected chi connectivity index (χ4v) is 7.66. The van der Waals surface area contributed by atoms with E-state index in [0.717, 1.165) is 66.9 Å². The zero-order valence-corrected chi connectivity index (χ0v) is 25.1. The third kappa shape index (κ3) is 5.12. The molecule has 3 heterocycles. The maximum Gasteiger partial charge on any atom is 0.322 e. The standard InChI is InChI=1S/C32H45N2O6/c1-8-21-19-34(3)12-10-23-16-30(37-5)32(39-7)18-26(23)28(34)14-24(21)13-27-25-17-31(38-6)29(36-4)15-22(25)9-11-33(27)40-20(2)35/h15-18,21,24,27-28H,8-14,19H2,1-7H3/q+1/t21-,24-,27-,28+,34+/m1/s1. The molecular weight excluding hydrogens is 508 g/mol. The van der Waals surface area contributed by atoms with Gasteiger partial charge >= 0.3 is 5.97 Å². The minimum Gasteiger partial charge on any atom is -0.493 e. The molecule has 0 saturated carbocycles. The monoisotopic (exact) mass is 553 g/mol. The quantitative estimate of drug-likeness (QED) is 0.412. The molecule has 5 rings (SSSR count). The summed E-state index contributed by atoms with van der Waals surface area (Å²) in [7, 11) is 9.19. The summed E-state index contributed by atoms with van der Waals surface area (Å²) in [5.41, 5.74) is 5.15. The predicted molar refractivity (Wildman–Crippen MR) is 153 cm³/mol. The zero-order chi connectivity index (χ0) is 28.6. The zero-order valence-electron chi connectivity index (χ0n) is 25.1. The maximum absolute atomic E-state index is 12.2. The van der Waals surface area contributed by atoms with E-state index in [4.69, 9.17) is 23.8 Å². The molecule has 5 atom stereocenters.